The molecule has 0 bridgehead atoms. The highest BCUT2D eigenvalue weighted by atomic mass is 15.3. The molecule has 0 spiro atoms. The number of nitrogen functional groups attached to an aromatic ring is 1. The first-order valence-electron chi connectivity index (χ1n) is 6.26. The minimum Gasteiger partial charge on any atom is -0.368 e. The molecular formula is C12H21N5. The predicted octanol–water partition coefficient (Wildman–Crippen LogP) is 0.763. The number of piperazine rings is 1. The van der Waals surface area contributed by atoms with Crippen LogP contribution in [0.4, 0.5) is 11.8 Å². The first-order chi connectivity index (χ1) is 8.19. The van der Waals surface area contributed by atoms with Gasteiger partial charge < -0.3 is 15.5 Å². The van der Waals surface area contributed by atoms with Gasteiger partial charge in [-0.1, -0.05) is 13.3 Å². The summed E-state index contributed by atoms with van der Waals surface area (Å²) >= 11 is 0. The summed E-state index contributed by atoms with van der Waals surface area (Å²) in [5, 5.41) is 0. The fourth-order valence-electron chi connectivity index (χ4n) is 2.08. The van der Waals surface area contributed by atoms with Crippen molar-refractivity contribution < 1.29 is 0 Å². The van der Waals surface area contributed by atoms with E-state index in [1.807, 2.05) is 0 Å². The second kappa shape index (κ2) is 5.31. The lowest BCUT2D eigenvalue weighted by molar-refractivity contribution is 0.312. The van der Waals surface area contributed by atoms with Gasteiger partial charge in [-0.2, -0.15) is 4.98 Å². The topological polar surface area (TPSA) is 58.3 Å². The second-order valence-corrected chi connectivity index (χ2v) is 4.62. The van der Waals surface area contributed by atoms with Crippen LogP contribution in [-0.2, 0) is 6.42 Å². The van der Waals surface area contributed by atoms with Crippen LogP contribution >= 0.6 is 0 Å². The quantitative estimate of drug-likeness (QED) is 0.838. The van der Waals surface area contributed by atoms with E-state index in [-0.39, 0.29) is 0 Å². The Kier molecular flexibility index (Phi) is 3.78. The van der Waals surface area contributed by atoms with Crippen LogP contribution in [0.5, 0.6) is 0 Å². The molecule has 0 aromatic carbocycles. The average molecular weight is 235 g/mol. The first-order valence-corrected chi connectivity index (χ1v) is 6.26. The largest absolute Gasteiger partial charge is 0.368 e. The van der Waals surface area contributed by atoms with Crippen LogP contribution in [0.25, 0.3) is 0 Å². The molecular weight excluding hydrogens is 214 g/mol. The minimum atomic E-state index is 0.393. The summed E-state index contributed by atoms with van der Waals surface area (Å²) in [4.78, 5) is 13.2. The van der Waals surface area contributed by atoms with Crippen molar-refractivity contribution in [1.82, 2.24) is 14.9 Å². The summed E-state index contributed by atoms with van der Waals surface area (Å²) in [6.45, 7) is 6.32. The lowest BCUT2D eigenvalue weighted by Gasteiger charge is -2.33. The van der Waals surface area contributed by atoms with Gasteiger partial charge in [0.2, 0.25) is 5.95 Å². The molecule has 0 aliphatic carbocycles. The van der Waals surface area contributed by atoms with Gasteiger partial charge in [-0.3, -0.25) is 0 Å². The Morgan fingerprint density at radius 3 is 2.59 bits per heavy atom. The minimum absolute atomic E-state index is 0.393. The summed E-state index contributed by atoms with van der Waals surface area (Å²) in [7, 11) is 2.15. The second-order valence-electron chi connectivity index (χ2n) is 4.62. The van der Waals surface area contributed by atoms with Crippen molar-refractivity contribution in [1.29, 1.82) is 0 Å². The van der Waals surface area contributed by atoms with Gasteiger partial charge in [0.05, 0.1) is 0 Å². The van der Waals surface area contributed by atoms with E-state index in [1.165, 1.54) is 0 Å². The molecule has 0 radical (unpaired) electrons. The number of aryl methyl sites for hydroxylation is 1. The van der Waals surface area contributed by atoms with E-state index in [0.29, 0.717) is 5.95 Å². The molecule has 2 rings (SSSR count). The molecule has 5 nitrogen and oxygen atoms in total. The van der Waals surface area contributed by atoms with Gasteiger partial charge in [0.25, 0.3) is 0 Å². The molecule has 0 unspecified atom stereocenters. The van der Waals surface area contributed by atoms with Crippen LogP contribution in [0.2, 0.25) is 0 Å². The molecule has 5 heteroatoms. The average Bonchev–Trinajstić information content (AvgIpc) is 2.29. The molecule has 2 N–H and O–H groups in total. The Balaban J connectivity index is 2.14. The molecule has 17 heavy (non-hydrogen) atoms. The molecule has 1 aliphatic heterocycles. The zero-order chi connectivity index (χ0) is 12.3. The number of nitrogens with two attached hydrogens (primary N) is 1. The molecule has 1 aromatic rings. The van der Waals surface area contributed by atoms with Crippen molar-refractivity contribution in [3.8, 4) is 0 Å². The molecule has 2 heterocycles. The first kappa shape index (κ1) is 12.1. The Bertz CT molecular complexity index is 371. The zero-order valence-corrected chi connectivity index (χ0v) is 10.7. The smallest absolute Gasteiger partial charge is 0.222 e. The highest BCUT2D eigenvalue weighted by molar-refractivity contribution is 5.44. The van der Waals surface area contributed by atoms with E-state index in [2.05, 4.69) is 39.8 Å². The molecule has 0 saturated carbocycles. The standard InChI is InChI=1S/C12H21N5/c1-3-4-10-9-11(15-12(13)14-10)17-7-5-16(2)6-8-17/h9H,3-8H2,1-2H3,(H2,13,14,15). The van der Waals surface area contributed by atoms with E-state index in [1.54, 1.807) is 0 Å². The van der Waals surface area contributed by atoms with Gasteiger partial charge in [-0.05, 0) is 13.5 Å². The van der Waals surface area contributed by atoms with Gasteiger partial charge in [-0.15, -0.1) is 0 Å². The van der Waals surface area contributed by atoms with Gasteiger partial charge in [-0.25, -0.2) is 4.98 Å². The maximum atomic E-state index is 5.76. The van der Waals surface area contributed by atoms with Gasteiger partial charge in [0.15, 0.2) is 0 Å². The van der Waals surface area contributed by atoms with E-state index < -0.39 is 0 Å². The molecule has 0 amide bonds. The lowest BCUT2D eigenvalue weighted by atomic mass is 10.2. The van der Waals surface area contributed by atoms with Crippen LogP contribution in [0.3, 0.4) is 0 Å². The summed E-state index contributed by atoms with van der Waals surface area (Å²) in [6, 6.07) is 2.07. The van der Waals surface area contributed by atoms with Crippen molar-refractivity contribution in [2.24, 2.45) is 0 Å². The highest BCUT2D eigenvalue weighted by Gasteiger charge is 2.16. The molecule has 1 aliphatic rings. The van der Waals surface area contributed by atoms with E-state index in [0.717, 1.165) is 50.5 Å². The molecule has 1 aromatic heterocycles. The number of anilines is 2. The van der Waals surface area contributed by atoms with E-state index in [9.17, 15) is 0 Å². The van der Waals surface area contributed by atoms with Gasteiger partial charge in [0.1, 0.15) is 5.82 Å². The molecule has 1 saturated heterocycles. The SMILES string of the molecule is CCCc1cc(N2CCN(C)CC2)nc(N)n1. The van der Waals surface area contributed by atoms with Crippen LogP contribution in [0.15, 0.2) is 6.07 Å². The van der Waals surface area contributed by atoms with Crippen molar-refractivity contribution in [2.75, 3.05) is 43.9 Å². The lowest BCUT2D eigenvalue weighted by Crippen LogP contribution is -2.44. The number of aromatic nitrogens is 2. The maximum absolute atomic E-state index is 5.76. The number of hydrogen-bond donors (Lipinski definition) is 1. The van der Waals surface area contributed by atoms with Crippen molar-refractivity contribution in [2.45, 2.75) is 19.8 Å². The van der Waals surface area contributed by atoms with Gasteiger partial charge in [0, 0.05) is 37.9 Å². The summed E-state index contributed by atoms with van der Waals surface area (Å²) in [5.41, 5.74) is 6.81. The molecule has 94 valence electrons. The third-order valence-corrected chi connectivity index (χ3v) is 3.12. The predicted molar refractivity (Wildman–Crippen MR) is 70.1 cm³/mol. The van der Waals surface area contributed by atoms with Crippen LogP contribution in [0, 0.1) is 0 Å². The number of nitrogens with zero attached hydrogens (tertiary/aromatic N) is 4. The Hall–Kier alpha value is -1.36. The molecule has 0 atom stereocenters. The highest BCUT2D eigenvalue weighted by Crippen LogP contribution is 2.16. The number of likely N-dealkylation sites (N-methyl/N-ethyl adjacent to an activating group) is 1. The summed E-state index contributed by atoms with van der Waals surface area (Å²) in [6.07, 6.45) is 2.05. The normalized spacial score (nSPS) is 17.4. The van der Waals surface area contributed by atoms with Crippen LogP contribution < -0.4 is 10.6 Å². The number of hydrogen-bond acceptors (Lipinski definition) is 5. The van der Waals surface area contributed by atoms with E-state index >= 15 is 0 Å². The molecule has 1 fully saturated rings. The monoisotopic (exact) mass is 235 g/mol. The Morgan fingerprint density at radius 2 is 1.94 bits per heavy atom. The fourth-order valence-corrected chi connectivity index (χ4v) is 2.08. The Morgan fingerprint density at radius 1 is 1.24 bits per heavy atom. The van der Waals surface area contributed by atoms with Crippen molar-refractivity contribution in [3.05, 3.63) is 11.8 Å². The summed E-state index contributed by atoms with van der Waals surface area (Å²) in [5.74, 6) is 1.37. The third kappa shape index (κ3) is 3.06. The van der Waals surface area contributed by atoms with Crippen LogP contribution in [0.1, 0.15) is 19.0 Å². The van der Waals surface area contributed by atoms with Gasteiger partial charge >= 0.3 is 0 Å². The maximum Gasteiger partial charge on any atom is 0.222 e. The fraction of sp³-hybridized carbons (Fsp3) is 0.667. The summed E-state index contributed by atoms with van der Waals surface area (Å²) < 4.78 is 0. The zero-order valence-electron chi connectivity index (χ0n) is 10.7. The van der Waals surface area contributed by atoms with E-state index in [4.69, 9.17) is 5.73 Å². The van der Waals surface area contributed by atoms with Crippen LogP contribution in [-0.4, -0.2) is 48.1 Å². The van der Waals surface area contributed by atoms with Crippen molar-refractivity contribution in [3.63, 3.8) is 0 Å². The third-order valence-electron chi connectivity index (χ3n) is 3.12. The Labute approximate surface area is 103 Å². The number of rotatable bonds is 3. The van der Waals surface area contributed by atoms with Crippen molar-refractivity contribution >= 4 is 11.8 Å².